The van der Waals surface area contributed by atoms with Crippen LogP contribution in [0.15, 0.2) is 24.3 Å². The van der Waals surface area contributed by atoms with Gasteiger partial charge in [0.15, 0.2) is 0 Å². The van der Waals surface area contributed by atoms with Crippen LogP contribution in [0.25, 0.3) is 0 Å². The van der Waals surface area contributed by atoms with Crippen LogP contribution >= 0.6 is 0 Å². The van der Waals surface area contributed by atoms with Crippen molar-refractivity contribution >= 4 is 0 Å². The zero-order valence-corrected chi connectivity index (χ0v) is 13.7. The smallest absolute Gasteiger partial charge is 0.115 e. The fourth-order valence-corrected chi connectivity index (χ4v) is 3.28. The predicted octanol–water partition coefficient (Wildman–Crippen LogP) is 3.38. The first kappa shape index (κ1) is 16.3. The first-order valence-electron chi connectivity index (χ1n) is 8.33. The minimum atomic E-state index is 0.349. The summed E-state index contributed by atoms with van der Waals surface area (Å²) in [6.07, 6.45) is 3.73. The number of nitrogens with one attached hydrogen (secondary N) is 1. The lowest BCUT2D eigenvalue weighted by Gasteiger charge is -2.41. The molecular weight excluding hydrogens is 260 g/mol. The molecule has 0 bridgehead atoms. The molecule has 0 aromatic heterocycles. The minimum absolute atomic E-state index is 0.349. The van der Waals surface area contributed by atoms with E-state index in [-0.39, 0.29) is 0 Å². The van der Waals surface area contributed by atoms with Crippen LogP contribution in [0.1, 0.15) is 45.6 Å². The summed E-state index contributed by atoms with van der Waals surface area (Å²) in [5.74, 6) is 1.07. The number of phenolic OH excluding ortho intramolecular Hbond substituents is 1. The molecule has 1 aliphatic rings. The van der Waals surface area contributed by atoms with Gasteiger partial charge in [-0.1, -0.05) is 39.3 Å². The van der Waals surface area contributed by atoms with Crippen molar-refractivity contribution in [2.75, 3.05) is 13.1 Å². The molecule has 0 saturated carbocycles. The topological polar surface area (TPSA) is 35.5 Å². The molecule has 2 N–H and O–H groups in total. The van der Waals surface area contributed by atoms with Crippen LogP contribution in [0.4, 0.5) is 0 Å². The maximum absolute atomic E-state index is 9.42. The monoisotopic (exact) mass is 290 g/mol. The normalized spacial score (nSPS) is 23.6. The van der Waals surface area contributed by atoms with Gasteiger partial charge in [-0.05, 0) is 36.5 Å². The van der Waals surface area contributed by atoms with E-state index in [9.17, 15) is 5.11 Å². The van der Waals surface area contributed by atoms with Crippen molar-refractivity contribution in [1.82, 2.24) is 10.2 Å². The van der Waals surface area contributed by atoms with E-state index >= 15 is 0 Å². The number of phenols is 1. The van der Waals surface area contributed by atoms with Crippen molar-refractivity contribution in [2.45, 2.75) is 58.7 Å². The predicted molar refractivity (Wildman–Crippen MR) is 88.5 cm³/mol. The van der Waals surface area contributed by atoms with Crippen LogP contribution in [0.2, 0.25) is 0 Å². The Kier molecular flexibility index (Phi) is 6.07. The van der Waals surface area contributed by atoms with Crippen molar-refractivity contribution in [3.8, 4) is 5.75 Å². The zero-order chi connectivity index (χ0) is 15.2. The highest BCUT2D eigenvalue weighted by Crippen LogP contribution is 2.20. The number of hydrogen-bond acceptors (Lipinski definition) is 3. The third kappa shape index (κ3) is 5.01. The summed E-state index contributed by atoms with van der Waals surface area (Å²) in [6.45, 7) is 10.1. The van der Waals surface area contributed by atoms with E-state index in [0.29, 0.717) is 17.8 Å². The first-order chi connectivity index (χ1) is 10.1. The lowest BCUT2D eigenvalue weighted by Crippen LogP contribution is -2.56. The molecule has 1 fully saturated rings. The fourth-order valence-electron chi connectivity index (χ4n) is 3.28. The number of aromatic hydroxyl groups is 1. The van der Waals surface area contributed by atoms with Gasteiger partial charge in [-0.3, -0.25) is 4.90 Å². The van der Waals surface area contributed by atoms with Crippen molar-refractivity contribution in [3.05, 3.63) is 29.8 Å². The Morgan fingerprint density at radius 1 is 1.29 bits per heavy atom. The largest absolute Gasteiger partial charge is 0.508 e. The summed E-state index contributed by atoms with van der Waals surface area (Å²) >= 11 is 0. The SMILES string of the molecule is CCCC1CN(Cc2ccc(O)cc2)C(CC(C)C)CN1. The highest BCUT2D eigenvalue weighted by molar-refractivity contribution is 5.25. The van der Waals surface area contributed by atoms with E-state index in [2.05, 4.69) is 31.0 Å². The van der Waals surface area contributed by atoms with E-state index in [1.54, 1.807) is 12.1 Å². The average Bonchev–Trinajstić information content (AvgIpc) is 2.44. The molecule has 2 atom stereocenters. The fraction of sp³-hybridized carbons (Fsp3) is 0.667. The Bertz CT molecular complexity index is 416. The molecule has 0 aliphatic carbocycles. The Labute approximate surface area is 129 Å². The molecule has 1 aliphatic heterocycles. The molecule has 1 aromatic carbocycles. The second-order valence-corrected chi connectivity index (χ2v) is 6.77. The van der Waals surface area contributed by atoms with E-state index in [1.165, 1.54) is 24.8 Å². The van der Waals surface area contributed by atoms with Gasteiger partial charge in [-0.2, -0.15) is 0 Å². The number of hydrogen-bond donors (Lipinski definition) is 2. The second-order valence-electron chi connectivity index (χ2n) is 6.77. The van der Waals surface area contributed by atoms with Gasteiger partial charge in [0.25, 0.3) is 0 Å². The number of piperazine rings is 1. The van der Waals surface area contributed by atoms with Crippen LogP contribution in [-0.4, -0.2) is 35.2 Å². The summed E-state index contributed by atoms with van der Waals surface area (Å²) in [4.78, 5) is 2.63. The number of nitrogens with zero attached hydrogens (tertiary/aromatic N) is 1. The van der Waals surface area contributed by atoms with Crippen molar-refractivity contribution in [2.24, 2.45) is 5.92 Å². The average molecular weight is 290 g/mol. The molecule has 3 heteroatoms. The van der Waals surface area contributed by atoms with E-state index in [0.717, 1.165) is 25.6 Å². The third-order valence-electron chi connectivity index (χ3n) is 4.32. The molecule has 3 nitrogen and oxygen atoms in total. The van der Waals surface area contributed by atoms with Crippen LogP contribution in [0.5, 0.6) is 5.75 Å². The van der Waals surface area contributed by atoms with Gasteiger partial charge in [-0.15, -0.1) is 0 Å². The molecule has 1 heterocycles. The summed E-state index contributed by atoms with van der Waals surface area (Å²) in [7, 11) is 0. The maximum Gasteiger partial charge on any atom is 0.115 e. The Morgan fingerprint density at radius 2 is 2.00 bits per heavy atom. The molecule has 21 heavy (non-hydrogen) atoms. The summed E-state index contributed by atoms with van der Waals surface area (Å²) in [6, 6.07) is 8.90. The highest BCUT2D eigenvalue weighted by Gasteiger charge is 2.27. The van der Waals surface area contributed by atoms with Gasteiger partial charge in [0.1, 0.15) is 5.75 Å². The number of rotatable bonds is 6. The van der Waals surface area contributed by atoms with Crippen LogP contribution in [-0.2, 0) is 6.54 Å². The van der Waals surface area contributed by atoms with Crippen molar-refractivity contribution in [1.29, 1.82) is 0 Å². The Hall–Kier alpha value is -1.06. The summed E-state index contributed by atoms with van der Waals surface area (Å²) < 4.78 is 0. The van der Waals surface area contributed by atoms with E-state index in [1.807, 2.05) is 12.1 Å². The molecule has 1 aromatic rings. The first-order valence-corrected chi connectivity index (χ1v) is 8.33. The Morgan fingerprint density at radius 3 is 2.62 bits per heavy atom. The minimum Gasteiger partial charge on any atom is -0.508 e. The summed E-state index contributed by atoms with van der Waals surface area (Å²) in [5, 5.41) is 13.1. The standard InChI is InChI=1S/C18H30N2O/c1-4-5-16-13-20(17(11-19-16)10-14(2)3)12-15-6-8-18(21)9-7-15/h6-9,14,16-17,19,21H,4-5,10-13H2,1-3H3. The lowest BCUT2D eigenvalue weighted by atomic mass is 9.97. The van der Waals surface area contributed by atoms with Gasteiger partial charge in [0.05, 0.1) is 0 Å². The van der Waals surface area contributed by atoms with Crippen LogP contribution < -0.4 is 5.32 Å². The van der Waals surface area contributed by atoms with Crippen LogP contribution in [0.3, 0.4) is 0 Å². The number of benzene rings is 1. The lowest BCUT2D eigenvalue weighted by molar-refractivity contribution is 0.103. The van der Waals surface area contributed by atoms with Crippen molar-refractivity contribution in [3.63, 3.8) is 0 Å². The molecule has 0 spiro atoms. The van der Waals surface area contributed by atoms with Gasteiger partial charge in [-0.25, -0.2) is 0 Å². The van der Waals surface area contributed by atoms with Crippen LogP contribution in [0, 0.1) is 5.92 Å². The van der Waals surface area contributed by atoms with Gasteiger partial charge in [0, 0.05) is 31.7 Å². The summed E-state index contributed by atoms with van der Waals surface area (Å²) in [5.41, 5.74) is 1.29. The molecule has 0 radical (unpaired) electrons. The molecular formula is C18H30N2O. The molecule has 1 saturated heterocycles. The third-order valence-corrected chi connectivity index (χ3v) is 4.32. The zero-order valence-electron chi connectivity index (χ0n) is 13.7. The quantitative estimate of drug-likeness (QED) is 0.843. The maximum atomic E-state index is 9.42. The molecule has 118 valence electrons. The molecule has 2 unspecified atom stereocenters. The Balaban J connectivity index is 2.03. The molecule has 0 amide bonds. The van der Waals surface area contributed by atoms with Gasteiger partial charge >= 0.3 is 0 Å². The second kappa shape index (κ2) is 7.81. The van der Waals surface area contributed by atoms with Crippen molar-refractivity contribution < 1.29 is 5.11 Å². The highest BCUT2D eigenvalue weighted by atomic mass is 16.3. The van der Waals surface area contributed by atoms with E-state index in [4.69, 9.17) is 0 Å². The van der Waals surface area contributed by atoms with Gasteiger partial charge < -0.3 is 10.4 Å². The van der Waals surface area contributed by atoms with E-state index < -0.39 is 0 Å². The molecule has 2 rings (SSSR count). The van der Waals surface area contributed by atoms with Gasteiger partial charge in [0.2, 0.25) is 0 Å².